The highest BCUT2D eigenvalue weighted by Gasteiger charge is 2.19. The molecule has 1 atom stereocenters. The number of hydrogen-bond donors (Lipinski definition) is 0. The number of allylic oxidation sites excluding steroid dienone is 1. The highest BCUT2D eigenvalue weighted by molar-refractivity contribution is 5.17. The van der Waals surface area contributed by atoms with Gasteiger partial charge in [0.1, 0.15) is 12.0 Å². The number of hydrogen-bond acceptors (Lipinski definition) is 2. The Morgan fingerprint density at radius 1 is 1.21 bits per heavy atom. The maximum absolute atomic E-state index is 5.63. The average Bonchev–Trinajstić information content (AvgIpc) is 2.68. The molecule has 0 spiro atoms. The maximum Gasteiger partial charge on any atom is 0.266 e. The predicted octanol–water partition coefficient (Wildman–Crippen LogP) is 3.37. The van der Waals surface area contributed by atoms with Crippen molar-refractivity contribution in [3.8, 4) is 0 Å². The third-order valence-electron chi connectivity index (χ3n) is 2.15. The first kappa shape index (κ1) is 9.13. The third kappa shape index (κ3) is 1.90. The van der Waals surface area contributed by atoms with Crippen molar-refractivity contribution in [1.29, 1.82) is 0 Å². The van der Waals surface area contributed by atoms with Gasteiger partial charge >= 0.3 is 0 Å². The second-order valence-corrected chi connectivity index (χ2v) is 3.33. The lowest BCUT2D eigenvalue weighted by molar-refractivity contribution is -0.0354. The first-order chi connectivity index (χ1) is 6.90. The summed E-state index contributed by atoms with van der Waals surface area (Å²) < 4.78 is 11.0. The second-order valence-electron chi connectivity index (χ2n) is 3.33. The highest BCUT2D eigenvalue weighted by Crippen LogP contribution is 2.29. The molecule has 74 valence electrons. The molecule has 1 aromatic rings. The van der Waals surface area contributed by atoms with Crippen LogP contribution in [0.15, 0.2) is 42.4 Å². The fraction of sp³-hybridized carbons (Fsp3) is 0.333. The Bertz CT molecular complexity index is 316. The molecule has 0 bridgehead atoms. The molecule has 0 amide bonds. The van der Waals surface area contributed by atoms with Crippen molar-refractivity contribution in [2.45, 2.75) is 26.1 Å². The Morgan fingerprint density at radius 3 is 2.71 bits per heavy atom. The van der Waals surface area contributed by atoms with Gasteiger partial charge in [-0.1, -0.05) is 37.3 Å². The SMILES string of the molecule is CCCC1=COC(c2ccccc2)O1. The van der Waals surface area contributed by atoms with Gasteiger partial charge in [-0.25, -0.2) is 0 Å². The highest BCUT2D eigenvalue weighted by atomic mass is 16.7. The van der Waals surface area contributed by atoms with Crippen LogP contribution in [0.2, 0.25) is 0 Å². The summed E-state index contributed by atoms with van der Waals surface area (Å²) in [6.45, 7) is 2.13. The standard InChI is InChI=1S/C12H14O2/c1-2-6-11-9-13-12(14-11)10-7-4-3-5-8-10/h3-5,7-9,12H,2,6H2,1H3. The molecule has 0 radical (unpaired) electrons. The van der Waals surface area contributed by atoms with Gasteiger partial charge in [0.2, 0.25) is 0 Å². The van der Waals surface area contributed by atoms with E-state index in [2.05, 4.69) is 6.92 Å². The zero-order valence-electron chi connectivity index (χ0n) is 8.27. The molecule has 1 unspecified atom stereocenters. The summed E-state index contributed by atoms with van der Waals surface area (Å²) in [5.74, 6) is 0.946. The van der Waals surface area contributed by atoms with Crippen molar-refractivity contribution in [2.75, 3.05) is 0 Å². The van der Waals surface area contributed by atoms with Gasteiger partial charge in [-0.05, 0) is 6.42 Å². The van der Waals surface area contributed by atoms with Gasteiger partial charge in [-0.2, -0.15) is 0 Å². The van der Waals surface area contributed by atoms with Crippen molar-refractivity contribution in [1.82, 2.24) is 0 Å². The monoisotopic (exact) mass is 190 g/mol. The molecule has 0 fully saturated rings. The lowest BCUT2D eigenvalue weighted by atomic mass is 10.2. The zero-order valence-corrected chi connectivity index (χ0v) is 8.27. The van der Waals surface area contributed by atoms with Gasteiger partial charge in [0.25, 0.3) is 6.29 Å². The lowest BCUT2D eigenvalue weighted by Gasteiger charge is -2.11. The molecule has 0 saturated carbocycles. The van der Waals surface area contributed by atoms with Gasteiger partial charge in [-0.3, -0.25) is 0 Å². The molecule has 0 aliphatic carbocycles. The summed E-state index contributed by atoms with van der Waals surface area (Å²) in [4.78, 5) is 0. The smallest absolute Gasteiger partial charge is 0.266 e. The van der Waals surface area contributed by atoms with Gasteiger partial charge in [-0.15, -0.1) is 0 Å². The number of benzene rings is 1. The predicted molar refractivity (Wildman–Crippen MR) is 54.3 cm³/mol. The Balaban J connectivity index is 1.99. The zero-order chi connectivity index (χ0) is 9.80. The summed E-state index contributed by atoms with van der Waals surface area (Å²) in [6.07, 6.45) is 3.51. The maximum atomic E-state index is 5.63. The van der Waals surface area contributed by atoms with E-state index < -0.39 is 0 Å². The van der Waals surface area contributed by atoms with Crippen LogP contribution >= 0.6 is 0 Å². The van der Waals surface area contributed by atoms with Crippen LogP contribution < -0.4 is 0 Å². The molecule has 0 N–H and O–H groups in total. The van der Waals surface area contributed by atoms with Crippen LogP contribution in [-0.2, 0) is 9.47 Å². The van der Waals surface area contributed by atoms with Gasteiger partial charge in [0, 0.05) is 12.0 Å². The van der Waals surface area contributed by atoms with Crippen LogP contribution in [0.3, 0.4) is 0 Å². The minimum absolute atomic E-state index is 0.238. The Labute approximate surface area is 84.2 Å². The molecule has 1 aliphatic heterocycles. The quantitative estimate of drug-likeness (QED) is 0.727. The summed E-state index contributed by atoms with van der Waals surface area (Å²) in [7, 11) is 0. The minimum atomic E-state index is -0.238. The molecule has 14 heavy (non-hydrogen) atoms. The molecule has 1 heterocycles. The first-order valence-electron chi connectivity index (χ1n) is 4.96. The van der Waals surface area contributed by atoms with Crippen molar-refractivity contribution in [3.05, 3.63) is 47.9 Å². The number of rotatable bonds is 3. The van der Waals surface area contributed by atoms with Crippen LogP contribution in [0.4, 0.5) is 0 Å². The Morgan fingerprint density at radius 2 is 2.00 bits per heavy atom. The fourth-order valence-electron chi connectivity index (χ4n) is 1.45. The number of ether oxygens (including phenoxy) is 2. The van der Waals surface area contributed by atoms with E-state index >= 15 is 0 Å². The van der Waals surface area contributed by atoms with Crippen LogP contribution in [0, 0.1) is 0 Å². The van der Waals surface area contributed by atoms with E-state index in [4.69, 9.17) is 9.47 Å². The normalized spacial score (nSPS) is 19.8. The van der Waals surface area contributed by atoms with Gasteiger partial charge in [0.05, 0.1) is 0 Å². The Kier molecular flexibility index (Phi) is 2.73. The third-order valence-corrected chi connectivity index (χ3v) is 2.15. The summed E-state index contributed by atoms with van der Waals surface area (Å²) in [6, 6.07) is 9.97. The topological polar surface area (TPSA) is 18.5 Å². The molecule has 0 aromatic heterocycles. The second kappa shape index (κ2) is 4.18. The van der Waals surface area contributed by atoms with E-state index in [-0.39, 0.29) is 6.29 Å². The molecule has 2 rings (SSSR count). The van der Waals surface area contributed by atoms with Crippen LogP contribution in [0.25, 0.3) is 0 Å². The van der Waals surface area contributed by atoms with Gasteiger partial charge in [0.15, 0.2) is 0 Å². The molecule has 2 heteroatoms. The molecule has 1 aliphatic rings. The summed E-state index contributed by atoms with van der Waals surface area (Å²) >= 11 is 0. The molecule has 0 saturated heterocycles. The van der Waals surface area contributed by atoms with Crippen molar-refractivity contribution >= 4 is 0 Å². The van der Waals surface area contributed by atoms with E-state index in [1.807, 2.05) is 30.3 Å². The molecule has 2 nitrogen and oxygen atoms in total. The fourth-order valence-corrected chi connectivity index (χ4v) is 1.45. The van der Waals surface area contributed by atoms with Crippen LogP contribution in [0.5, 0.6) is 0 Å². The van der Waals surface area contributed by atoms with E-state index in [0.717, 1.165) is 24.2 Å². The van der Waals surface area contributed by atoms with Crippen LogP contribution in [-0.4, -0.2) is 0 Å². The molecule has 1 aromatic carbocycles. The van der Waals surface area contributed by atoms with Gasteiger partial charge < -0.3 is 9.47 Å². The van der Waals surface area contributed by atoms with E-state index in [1.54, 1.807) is 6.26 Å². The summed E-state index contributed by atoms with van der Waals surface area (Å²) in [5, 5.41) is 0. The van der Waals surface area contributed by atoms with Crippen LogP contribution in [0.1, 0.15) is 31.6 Å². The van der Waals surface area contributed by atoms with Crippen molar-refractivity contribution < 1.29 is 9.47 Å². The van der Waals surface area contributed by atoms with E-state index in [0.29, 0.717) is 0 Å². The lowest BCUT2D eigenvalue weighted by Crippen LogP contribution is -1.98. The Hall–Kier alpha value is -1.44. The molecular weight excluding hydrogens is 176 g/mol. The first-order valence-corrected chi connectivity index (χ1v) is 4.96. The van der Waals surface area contributed by atoms with E-state index in [9.17, 15) is 0 Å². The van der Waals surface area contributed by atoms with Crippen molar-refractivity contribution in [2.24, 2.45) is 0 Å². The van der Waals surface area contributed by atoms with Crippen molar-refractivity contribution in [3.63, 3.8) is 0 Å². The largest absolute Gasteiger partial charge is 0.455 e. The molecular formula is C12H14O2. The summed E-state index contributed by atoms with van der Waals surface area (Å²) in [5.41, 5.74) is 1.06. The average molecular weight is 190 g/mol. The van der Waals surface area contributed by atoms with E-state index in [1.165, 1.54) is 0 Å². The minimum Gasteiger partial charge on any atom is -0.455 e.